The maximum absolute atomic E-state index is 14.2. The molecule has 0 radical (unpaired) electrons. The van der Waals surface area contributed by atoms with Gasteiger partial charge in [0, 0.05) is 81.6 Å². The average molecular weight is 1440 g/mol. The van der Waals surface area contributed by atoms with Crippen LogP contribution >= 0.6 is 0 Å². The minimum absolute atomic E-state index is 0.0181. The number of ether oxygens (including phenoxy) is 6. The molecule has 14 heteroatoms. The number of rotatable bonds is 23. The predicted octanol–water partition coefficient (Wildman–Crippen LogP) is 16.4. The summed E-state index contributed by atoms with van der Waals surface area (Å²) in [6.45, 7) is 23.7. The molecule has 108 heavy (non-hydrogen) atoms. The second-order valence-electron chi connectivity index (χ2n) is 30.5. The van der Waals surface area contributed by atoms with E-state index in [0.717, 1.165) is 80.1 Å². The van der Waals surface area contributed by atoms with Gasteiger partial charge in [-0.3, -0.25) is 0 Å². The summed E-state index contributed by atoms with van der Waals surface area (Å²) >= 11 is 0. The first kappa shape index (κ1) is 73.4. The Morgan fingerprint density at radius 2 is 0.824 bits per heavy atom. The molecule has 13 aromatic rings. The maximum atomic E-state index is 14.2. The number of hydrogen-bond acceptors (Lipinski definition) is 9. The van der Waals surface area contributed by atoms with Crippen LogP contribution in [0.2, 0.25) is 0 Å². The Bertz CT molecular complexity index is 5090. The molecule has 14 nitrogen and oxygen atoms in total. The first-order chi connectivity index (χ1) is 52.4. The summed E-state index contributed by atoms with van der Waals surface area (Å²) in [5.74, 6) is 2.24. The van der Waals surface area contributed by atoms with E-state index >= 15 is 0 Å². The molecule has 0 spiro atoms. The van der Waals surface area contributed by atoms with Gasteiger partial charge in [-0.2, -0.15) is 0 Å². The van der Waals surface area contributed by atoms with Gasteiger partial charge < -0.3 is 28.4 Å². The highest BCUT2D eigenvalue weighted by Crippen LogP contribution is 2.47. The zero-order valence-corrected chi connectivity index (χ0v) is 63.3. The zero-order chi connectivity index (χ0) is 74.6. The number of carbonyl (C=O) groups is 1. The number of fused-ring (bicyclic) bond motifs is 1. The minimum Gasteiger partial charge on any atom is -0.491 e. The summed E-state index contributed by atoms with van der Waals surface area (Å²) in [5.41, 5.74) is 17.9. The lowest BCUT2D eigenvalue weighted by atomic mass is 9.64. The van der Waals surface area contributed by atoms with E-state index in [-0.39, 0.29) is 17.4 Å². The monoisotopic (exact) mass is 1440 g/mol. The fourth-order valence-electron chi connectivity index (χ4n) is 14.2. The van der Waals surface area contributed by atoms with E-state index in [0.29, 0.717) is 83.1 Å². The Balaban J connectivity index is 0.549. The minimum atomic E-state index is -0.602. The summed E-state index contributed by atoms with van der Waals surface area (Å²) in [6.07, 6.45) is 18.6. The van der Waals surface area contributed by atoms with Crippen molar-refractivity contribution in [1.82, 2.24) is 15.0 Å². The topological polar surface area (TPSA) is 119 Å². The molecule has 5 aromatic heterocycles. The first-order valence-electron chi connectivity index (χ1n) is 37.7. The van der Waals surface area contributed by atoms with E-state index < -0.39 is 11.4 Å². The van der Waals surface area contributed by atoms with Crippen LogP contribution in [0.25, 0.3) is 33.0 Å². The molecule has 0 aliphatic carbocycles. The molecule has 12 bridgehead atoms. The van der Waals surface area contributed by atoms with E-state index in [1.54, 1.807) is 10.9 Å². The highest BCUT2D eigenvalue weighted by molar-refractivity contribution is 5.93. The van der Waals surface area contributed by atoms with Crippen molar-refractivity contribution in [3.8, 4) is 39.5 Å². The predicted molar refractivity (Wildman–Crippen MR) is 421 cm³/mol. The molecule has 0 N–H and O–H groups in total. The van der Waals surface area contributed by atoms with Gasteiger partial charge in [0.25, 0.3) is 0 Å². The highest BCUT2D eigenvalue weighted by atomic mass is 16.5. The van der Waals surface area contributed by atoms with E-state index in [4.69, 9.17) is 28.4 Å². The van der Waals surface area contributed by atoms with Crippen molar-refractivity contribution in [1.29, 1.82) is 0 Å². The fourth-order valence-corrected chi connectivity index (χ4v) is 14.2. The molecule has 546 valence electrons. The molecular weight excluding hydrogens is 1340 g/mol. The molecule has 0 unspecified atom stereocenters. The van der Waals surface area contributed by atoms with Crippen LogP contribution in [0.4, 0.5) is 0 Å². The summed E-state index contributed by atoms with van der Waals surface area (Å²) in [5, 5.41) is 10.5. The molecule has 16 aliphatic heterocycles. The smallest absolute Gasteiger partial charge is 0.339 e. The second kappa shape index (κ2) is 33.1. The average Bonchev–Trinajstić information content (AvgIpc) is 0.737. The van der Waals surface area contributed by atoms with E-state index in [2.05, 4.69) is 309 Å². The number of esters is 1. The molecule has 0 amide bonds. The van der Waals surface area contributed by atoms with Gasteiger partial charge in [-0.25, -0.2) is 27.7 Å². The molecule has 29 rings (SSSR count). The standard InChI is InChI=1S/C94H97N7O7/c1-68(2)72-21-23-80(24-22-72)94(81-29-25-78(26-30-81)92(3,4)5,82-31-27-79(28-32-82)93(6,7)8)83-33-35-85(36-34-83)105-58-55-104-57-60-107-90-14-10-11-86-87(90)12-9-13-89(86)106-59-56-103-54-53-101-66-84(95-96-101)67-108-91(102)88-61-71-19-20-77(88)65-100-51-43-76(44-52-100)74-39-47-98(48-40-74)63-70-17-15-69(16-18-70)62-97-45-37-73(38-46-97)75-41-49-99(64-71)50-42-75/h9-52,61,66,68H,53-60,62-65,67H2,1-8H3/q+4. The van der Waals surface area contributed by atoms with Crippen molar-refractivity contribution in [3.63, 3.8) is 0 Å². The van der Waals surface area contributed by atoms with Crippen LogP contribution in [0.5, 0.6) is 17.2 Å². The van der Waals surface area contributed by atoms with Crippen molar-refractivity contribution in [2.45, 2.75) is 117 Å². The molecular formula is C94H97N7O7+4. The number of benzene rings is 8. The van der Waals surface area contributed by atoms with Crippen molar-refractivity contribution in [3.05, 3.63) is 353 Å². The first-order valence-corrected chi connectivity index (χ1v) is 37.7. The quantitative estimate of drug-likeness (QED) is 0.0267. The van der Waals surface area contributed by atoms with Crippen molar-refractivity contribution < 1.29 is 51.5 Å². The van der Waals surface area contributed by atoms with Crippen LogP contribution in [0, 0.1) is 0 Å². The molecule has 0 atom stereocenters. The molecule has 8 aromatic carbocycles. The van der Waals surface area contributed by atoms with Gasteiger partial charge in [0.1, 0.15) is 49.4 Å². The van der Waals surface area contributed by atoms with Crippen molar-refractivity contribution >= 4 is 16.7 Å². The number of nitrogens with zero attached hydrogens (tertiary/aromatic N) is 7. The van der Waals surface area contributed by atoms with Crippen LogP contribution in [0.1, 0.15) is 139 Å². The maximum Gasteiger partial charge on any atom is 0.339 e. The van der Waals surface area contributed by atoms with Gasteiger partial charge in [0.2, 0.25) is 0 Å². The normalized spacial score (nSPS) is 12.5. The molecule has 21 heterocycles. The number of carbonyl (C=O) groups excluding carboxylic acids is 1. The lowest BCUT2D eigenvalue weighted by Gasteiger charge is -2.38. The van der Waals surface area contributed by atoms with Crippen LogP contribution in [0.15, 0.2) is 280 Å². The third-order valence-corrected chi connectivity index (χ3v) is 20.5. The SMILES string of the molecule is CC(C)c1ccc(C(c2ccc(OCCOCCOc3cccc4c(OCCOCCn5cc(COC(=O)c6cc7ccc6C[n+]6ccc(cc6)-c6cc[n+](cc6)Cc6ccc(cc6)C[n+]6ccc(cc6)-c6cc[n+](cc6)C7)nn5)cccc34)cc2)(c2ccc(C(C)(C)C)cc2)c2ccc(C(C)(C)C)cc2)cc1. The zero-order valence-electron chi connectivity index (χ0n) is 63.3. The van der Waals surface area contributed by atoms with E-state index in [1.807, 2.05) is 48.5 Å². The lowest BCUT2D eigenvalue weighted by Crippen LogP contribution is -2.35. The van der Waals surface area contributed by atoms with E-state index in [9.17, 15) is 4.79 Å². The Morgan fingerprint density at radius 3 is 1.28 bits per heavy atom. The third-order valence-electron chi connectivity index (χ3n) is 20.5. The Morgan fingerprint density at radius 1 is 0.426 bits per heavy atom. The van der Waals surface area contributed by atoms with Gasteiger partial charge in [0.05, 0.1) is 50.1 Å². The van der Waals surface area contributed by atoms with Gasteiger partial charge >= 0.3 is 5.97 Å². The van der Waals surface area contributed by atoms with Crippen LogP contribution in [0.3, 0.4) is 0 Å². The molecule has 0 saturated carbocycles. The fraction of sp³-hybridized carbons (Fsp3) is 0.266. The van der Waals surface area contributed by atoms with Crippen LogP contribution in [-0.2, 0) is 69.8 Å². The lowest BCUT2D eigenvalue weighted by molar-refractivity contribution is -0.689. The van der Waals surface area contributed by atoms with Gasteiger partial charge in [-0.1, -0.05) is 206 Å². The van der Waals surface area contributed by atoms with Crippen molar-refractivity contribution in [2.24, 2.45) is 0 Å². The van der Waals surface area contributed by atoms with Crippen molar-refractivity contribution in [2.75, 3.05) is 46.2 Å². The van der Waals surface area contributed by atoms with Gasteiger partial charge in [-0.05, 0) is 108 Å². The Kier molecular flexibility index (Phi) is 22.5. The van der Waals surface area contributed by atoms with Crippen LogP contribution < -0.4 is 32.5 Å². The summed E-state index contributed by atoms with van der Waals surface area (Å²) in [7, 11) is 0. The number of hydrogen-bond donors (Lipinski definition) is 0. The van der Waals surface area contributed by atoms with E-state index in [1.165, 1.54) is 44.5 Å². The summed E-state index contributed by atoms with van der Waals surface area (Å²) < 4.78 is 47.3. The largest absolute Gasteiger partial charge is 0.491 e. The Labute approximate surface area is 635 Å². The summed E-state index contributed by atoms with van der Waals surface area (Å²) in [4.78, 5) is 14.2. The van der Waals surface area contributed by atoms with Crippen LogP contribution in [-0.4, -0.2) is 67.2 Å². The molecule has 0 saturated heterocycles. The Hall–Kier alpha value is -11.5. The van der Waals surface area contributed by atoms with Gasteiger partial charge in [0.15, 0.2) is 75.8 Å². The third kappa shape index (κ3) is 17.6. The highest BCUT2D eigenvalue weighted by Gasteiger charge is 2.39. The van der Waals surface area contributed by atoms with Gasteiger partial charge in [-0.15, -0.1) is 5.10 Å². The second-order valence-corrected chi connectivity index (χ2v) is 30.5. The molecule has 0 fully saturated rings. The number of aromatic nitrogens is 7. The summed E-state index contributed by atoms with van der Waals surface area (Å²) in [6, 6.07) is 80.4. The number of pyridine rings is 4. The molecule has 16 aliphatic rings.